The fourth-order valence-electron chi connectivity index (χ4n) is 4.72. The van der Waals surface area contributed by atoms with E-state index in [4.69, 9.17) is 4.74 Å². The summed E-state index contributed by atoms with van der Waals surface area (Å²) in [5, 5.41) is 9.10. The number of benzene rings is 1. The number of pyridine rings is 1. The second-order valence-corrected chi connectivity index (χ2v) is 8.00. The standard InChI is InChI=1S/C22H18FN5O2/c23-15-3-1-2-14(10-15)18-11-19-25-20(27-28(19)26-18)13-4-7-22(8-5-13)17-12-24-9-6-16(17)21(29)30-22/h1-3,6,9-13H,4-5,7-8H2,(H,25,27)/t13-,22-. The van der Waals surface area contributed by atoms with E-state index in [0.29, 0.717) is 16.8 Å². The highest BCUT2D eigenvalue weighted by molar-refractivity contribution is 5.94. The van der Waals surface area contributed by atoms with Crippen molar-refractivity contribution in [1.82, 2.24) is 24.8 Å². The van der Waals surface area contributed by atoms with E-state index in [1.165, 1.54) is 12.1 Å². The Morgan fingerprint density at radius 2 is 2.03 bits per heavy atom. The molecule has 0 bridgehead atoms. The van der Waals surface area contributed by atoms with Gasteiger partial charge in [0.2, 0.25) is 0 Å². The molecule has 1 N–H and O–H groups in total. The van der Waals surface area contributed by atoms with Crippen molar-refractivity contribution in [2.24, 2.45) is 0 Å². The number of carbonyl (C=O) groups excluding carboxylic acids is 1. The van der Waals surface area contributed by atoms with Crippen LogP contribution in [0.25, 0.3) is 16.9 Å². The van der Waals surface area contributed by atoms with Gasteiger partial charge in [-0.2, -0.15) is 0 Å². The largest absolute Gasteiger partial charge is 0.450 e. The van der Waals surface area contributed by atoms with Gasteiger partial charge in [-0.3, -0.25) is 4.98 Å². The molecule has 4 heterocycles. The Kier molecular flexibility index (Phi) is 3.59. The number of fused-ring (bicyclic) bond motifs is 3. The van der Waals surface area contributed by atoms with E-state index in [9.17, 15) is 9.18 Å². The summed E-state index contributed by atoms with van der Waals surface area (Å²) in [5.74, 6) is 0.550. The van der Waals surface area contributed by atoms with Gasteiger partial charge in [0.1, 0.15) is 17.2 Å². The monoisotopic (exact) mass is 403 g/mol. The van der Waals surface area contributed by atoms with E-state index in [1.807, 2.05) is 12.1 Å². The number of rotatable bonds is 2. The van der Waals surface area contributed by atoms with Gasteiger partial charge in [0.15, 0.2) is 5.65 Å². The van der Waals surface area contributed by atoms with Gasteiger partial charge in [-0.05, 0) is 43.9 Å². The average molecular weight is 403 g/mol. The van der Waals surface area contributed by atoms with Gasteiger partial charge in [0.05, 0.1) is 11.3 Å². The van der Waals surface area contributed by atoms with Gasteiger partial charge in [0, 0.05) is 35.5 Å². The predicted molar refractivity (Wildman–Crippen MR) is 105 cm³/mol. The number of nitrogens with one attached hydrogen (secondary N) is 1. The predicted octanol–water partition coefficient (Wildman–Crippen LogP) is 3.98. The topological polar surface area (TPSA) is 85.2 Å². The lowest BCUT2D eigenvalue weighted by Crippen LogP contribution is -2.31. The lowest BCUT2D eigenvalue weighted by Gasteiger charge is -2.35. The third-order valence-corrected chi connectivity index (χ3v) is 6.27. The first-order valence-electron chi connectivity index (χ1n) is 10.0. The van der Waals surface area contributed by atoms with E-state index in [-0.39, 0.29) is 17.7 Å². The van der Waals surface area contributed by atoms with Crippen LogP contribution < -0.4 is 0 Å². The van der Waals surface area contributed by atoms with Crippen molar-refractivity contribution in [3.05, 3.63) is 71.6 Å². The molecule has 0 atom stereocenters. The zero-order valence-corrected chi connectivity index (χ0v) is 16.0. The van der Waals surface area contributed by atoms with Crippen molar-refractivity contribution in [2.45, 2.75) is 37.2 Å². The Labute approximate surface area is 170 Å². The van der Waals surface area contributed by atoms with Crippen LogP contribution in [0.1, 0.15) is 53.3 Å². The van der Waals surface area contributed by atoms with Gasteiger partial charge in [0.25, 0.3) is 0 Å². The van der Waals surface area contributed by atoms with Gasteiger partial charge in [-0.1, -0.05) is 12.1 Å². The van der Waals surface area contributed by atoms with Crippen LogP contribution >= 0.6 is 0 Å². The zero-order chi connectivity index (χ0) is 20.3. The smallest absolute Gasteiger partial charge is 0.339 e. The number of esters is 1. The highest BCUT2D eigenvalue weighted by Gasteiger charge is 2.48. The van der Waals surface area contributed by atoms with Crippen molar-refractivity contribution in [1.29, 1.82) is 0 Å². The highest BCUT2D eigenvalue weighted by atomic mass is 19.1. The molecule has 150 valence electrons. The molecular weight excluding hydrogens is 385 g/mol. The fraction of sp³-hybridized carbons (Fsp3) is 0.273. The molecule has 8 heteroatoms. The normalized spacial score (nSPS) is 23.1. The molecule has 1 aromatic carbocycles. The summed E-state index contributed by atoms with van der Waals surface area (Å²) in [6.45, 7) is 0. The van der Waals surface area contributed by atoms with Gasteiger partial charge in [-0.15, -0.1) is 14.8 Å². The summed E-state index contributed by atoms with van der Waals surface area (Å²) in [4.78, 5) is 19.8. The van der Waals surface area contributed by atoms with Crippen LogP contribution in [-0.4, -0.2) is 30.8 Å². The van der Waals surface area contributed by atoms with Crippen molar-refractivity contribution in [3.8, 4) is 11.3 Å². The molecule has 0 amide bonds. The van der Waals surface area contributed by atoms with E-state index >= 15 is 0 Å². The Bertz CT molecular complexity index is 1250. The van der Waals surface area contributed by atoms with E-state index in [2.05, 4.69) is 20.2 Å². The number of hydrogen-bond donors (Lipinski definition) is 1. The maximum Gasteiger partial charge on any atom is 0.339 e. The van der Waals surface area contributed by atoms with Crippen LogP contribution in [0.2, 0.25) is 0 Å². The summed E-state index contributed by atoms with van der Waals surface area (Å²) in [5.41, 5.74) is 3.13. The molecule has 3 aromatic heterocycles. The van der Waals surface area contributed by atoms with Crippen LogP contribution in [0.5, 0.6) is 0 Å². The Balaban J connectivity index is 1.23. The minimum absolute atomic E-state index is 0.231. The quantitative estimate of drug-likeness (QED) is 0.512. The lowest BCUT2D eigenvalue weighted by molar-refractivity contribution is -0.0313. The second kappa shape index (κ2) is 6.22. The second-order valence-electron chi connectivity index (χ2n) is 8.00. The molecule has 1 aliphatic carbocycles. The molecule has 1 saturated carbocycles. The van der Waals surface area contributed by atoms with Crippen molar-refractivity contribution in [2.75, 3.05) is 0 Å². The number of halogens is 1. The molecule has 2 aliphatic rings. The molecule has 1 spiro atoms. The number of aromatic nitrogens is 5. The molecule has 0 saturated heterocycles. The average Bonchev–Trinajstić information content (AvgIpc) is 3.40. The summed E-state index contributed by atoms with van der Waals surface area (Å²) in [6, 6.07) is 9.96. The highest BCUT2D eigenvalue weighted by Crippen LogP contribution is 2.49. The van der Waals surface area contributed by atoms with Crippen molar-refractivity contribution < 1.29 is 13.9 Å². The first-order valence-corrected chi connectivity index (χ1v) is 10.0. The Morgan fingerprint density at radius 3 is 2.83 bits per heavy atom. The number of H-pyrrole nitrogens is 1. The molecule has 0 radical (unpaired) electrons. The van der Waals surface area contributed by atoms with Crippen LogP contribution in [0.3, 0.4) is 0 Å². The maximum absolute atomic E-state index is 13.5. The summed E-state index contributed by atoms with van der Waals surface area (Å²) >= 11 is 0. The Morgan fingerprint density at radius 1 is 1.17 bits per heavy atom. The van der Waals surface area contributed by atoms with E-state index in [0.717, 1.165) is 42.7 Å². The van der Waals surface area contributed by atoms with Gasteiger partial charge < -0.3 is 9.72 Å². The first-order chi connectivity index (χ1) is 14.6. The van der Waals surface area contributed by atoms with Crippen LogP contribution in [0, 0.1) is 5.82 Å². The number of ether oxygens (including phenoxy) is 1. The van der Waals surface area contributed by atoms with Crippen LogP contribution in [-0.2, 0) is 10.3 Å². The minimum atomic E-state index is -0.561. The summed E-state index contributed by atoms with van der Waals surface area (Å²) in [7, 11) is 0. The van der Waals surface area contributed by atoms with Gasteiger partial charge >= 0.3 is 5.97 Å². The molecule has 6 rings (SSSR count). The number of aromatic amines is 1. The van der Waals surface area contributed by atoms with E-state index in [1.54, 1.807) is 29.2 Å². The minimum Gasteiger partial charge on any atom is -0.450 e. The lowest BCUT2D eigenvalue weighted by atomic mass is 9.75. The molecule has 30 heavy (non-hydrogen) atoms. The molecule has 0 unspecified atom stereocenters. The van der Waals surface area contributed by atoms with Gasteiger partial charge in [-0.25, -0.2) is 9.18 Å². The molecule has 1 fully saturated rings. The zero-order valence-electron chi connectivity index (χ0n) is 16.0. The molecule has 4 aromatic rings. The number of carbonyl (C=O) groups is 1. The molecule has 7 nitrogen and oxygen atoms in total. The summed E-state index contributed by atoms with van der Waals surface area (Å²) in [6.07, 6.45) is 6.54. The molecular formula is C22H18FN5O2. The third-order valence-electron chi connectivity index (χ3n) is 6.27. The summed E-state index contributed by atoms with van der Waals surface area (Å²) < 4.78 is 20.9. The first kappa shape index (κ1) is 17.3. The van der Waals surface area contributed by atoms with Crippen LogP contribution in [0.15, 0.2) is 48.8 Å². The Hall–Kier alpha value is -3.55. The molecule has 1 aliphatic heterocycles. The maximum atomic E-state index is 13.5. The fourth-order valence-corrected chi connectivity index (χ4v) is 4.72. The SMILES string of the molecule is O=C1O[C@]2(CC[C@H](c3nn4nc(-c5cccc(F)c5)cc4[nH]3)CC2)c2cnccc21. The number of hydrogen-bond acceptors (Lipinski definition) is 5. The van der Waals surface area contributed by atoms with E-state index < -0.39 is 5.60 Å². The number of nitrogens with zero attached hydrogens (tertiary/aromatic N) is 4. The van der Waals surface area contributed by atoms with Crippen molar-refractivity contribution in [3.63, 3.8) is 0 Å². The third kappa shape index (κ3) is 2.56. The van der Waals surface area contributed by atoms with Crippen molar-refractivity contribution >= 4 is 11.6 Å². The van der Waals surface area contributed by atoms with Crippen LogP contribution in [0.4, 0.5) is 4.39 Å².